The zero-order chi connectivity index (χ0) is 17.6. The normalized spacial score (nSPS) is 12.5. The monoisotopic (exact) mass is 347 g/mol. The van der Waals surface area contributed by atoms with Crippen LogP contribution in [0, 0.1) is 13.8 Å². The Morgan fingerprint density at radius 3 is 2.71 bits per heavy atom. The number of nitrogens with one attached hydrogen (secondary N) is 2. The molecule has 0 saturated heterocycles. The van der Waals surface area contributed by atoms with Gasteiger partial charge in [0.1, 0.15) is 0 Å². The minimum absolute atomic E-state index is 0.0927. The van der Waals surface area contributed by atoms with Gasteiger partial charge in [-0.15, -0.1) is 11.3 Å². The average Bonchev–Trinajstić information content (AvgIpc) is 3.17. The summed E-state index contributed by atoms with van der Waals surface area (Å²) in [6.07, 6.45) is 1.01. The number of hydrogen-bond donors (Lipinski definition) is 2. The van der Waals surface area contributed by atoms with Gasteiger partial charge in [0.2, 0.25) is 0 Å². The summed E-state index contributed by atoms with van der Waals surface area (Å²) in [5.41, 5.74) is 2.39. The summed E-state index contributed by atoms with van der Waals surface area (Å²) >= 11 is 1.80. The molecule has 0 atom stereocenters. The molecule has 0 unspecified atom stereocenters. The minimum Gasteiger partial charge on any atom is -0.356 e. The highest BCUT2D eigenvalue weighted by Crippen LogP contribution is 2.26. The lowest BCUT2D eigenvalue weighted by atomic mass is 9.91. The van der Waals surface area contributed by atoms with Crippen LogP contribution in [0.5, 0.6) is 0 Å². The maximum atomic E-state index is 4.49. The summed E-state index contributed by atoms with van der Waals surface area (Å²) < 4.78 is 2.06. The van der Waals surface area contributed by atoms with E-state index in [1.807, 2.05) is 14.0 Å². The summed E-state index contributed by atoms with van der Waals surface area (Å²) in [6, 6.07) is 6.41. The van der Waals surface area contributed by atoms with Crippen LogP contribution in [0.25, 0.3) is 0 Å². The molecule has 0 aliphatic rings. The Kier molecular flexibility index (Phi) is 6.43. The van der Waals surface area contributed by atoms with Crippen LogP contribution in [-0.4, -0.2) is 35.9 Å². The molecule has 2 heterocycles. The zero-order valence-corrected chi connectivity index (χ0v) is 16.2. The van der Waals surface area contributed by atoms with Gasteiger partial charge in [0.05, 0.1) is 5.69 Å². The quantitative estimate of drug-likeness (QED) is 0.460. The number of guanidine groups is 1. The third-order valence-corrected chi connectivity index (χ3v) is 5.29. The molecule has 24 heavy (non-hydrogen) atoms. The third kappa shape index (κ3) is 5.09. The van der Waals surface area contributed by atoms with E-state index in [1.165, 1.54) is 10.6 Å². The van der Waals surface area contributed by atoms with E-state index < -0.39 is 0 Å². The first kappa shape index (κ1) is 18.5. The van der Waals surface area contributed by atoms with Gasteiger partial charge in [0.25, 0.3) is 0 Å². The van der Waals surface area contributed by atoms with Gasteiger partial charge in [0.15, 0.2) is 5.96 Å². The molecule has 5 nitrogen and oxygen atoms in total. The van der Waals surface area contributed by atoms with Crippen molar-refractivity contribution in [3.63, 3.8) is 0 Å². The highest BCUT2D eigenvalue weighted by molar-refractivity contribution is 7.10. The predicted octanol–water partition coefficient (Wildman–Crippen LogP) is 3.09. The van der Waals surface area contributed by atoms with Gasteiger partial charge in [-0.05, 0) is 37.8 Å². The smallest absolute Gasteiger partial charge is 0.191 e. The molecule has 0 fully saturated rings. The Balaban J connectivity index is 1.74. The fraction of sp³-hybridized carbons (Fsp3) is 0.556. The molecule has 0 radical (unpaired) electrons. The first-order valence-electron chi connectivity index (χ1n) is 8.42. The number of thiophene rings is 1. The summed E-state index contributed by atoms with van der Waals surface area (Å²) in [4.78, 5) is 5.70. The molecule has 0 spiro atoms. The van der Waals surface area contributed by atoms with E-state index in [0.29, 0.717) is 0 Å². The molecule has 2 aromatic rings. The molecule has 2 N–H and O–H groups in total. The van der Waals surface area contributed by atoms with E-state index in [2.05, 4.69) is 69.8 Å². The number of nitrogens with zero attached hydrogens (tertiary/aromatic N) is 3. The Morgan fingerprint density at radius 1 is 1.33 bits per heavy atom. The van der Waals surface area contributed by atoms with Gasteiger partial charge in [-0.3, -0.25) is 9.67 Å². The minimum atomic E-state index is 0.0927. The van der Waals surface area contributed by atoms with Crippen molar-refractivity contribution < 1.29 is 0 Å². The van der Waals surface area contributed by atoms with Crippen molar-refractivity contribution in [3.05, 3.63) is 39.8 Å². The highest BCUT2D eigenvalue weighted by Gasteiger charge is 2.21. The van der Waals surface area contributed by atoms with Crippen molar-refractivity contribution in [1.29, 1.82) is 0 Å². The fourth-order valence-electron chi connectivity index (χ4n) is 2.61. The van der Waals surface area contributed by atoms with Gasteiger partial charge in [-0.25, -0.2) is 0 Å². The molecule has 2 aromatic heterocycles. The van der Waals surface area contributed by atoms with Gasteiger partial charge in [-0.1, -0.05) is 19.9 Å². The molecule has 0 aromatic carbocycles. The molecule has 0 bridgehead atoms. The van der Waals surface area contributed by atoms with E-state index in [1.54, 1.807) is 11.3 Å². The average molecular weight is 348 g/mol. The molecule has 0 aliphatic carbocycles. The van der Waals surface area contributed by atoms with Gasteiger partial charge in [-0.2, -0.15) is 5.10 Å². The molecule has 0 saturated carbocycles. The van der Waals surface area contributed by atoms with E-state index in [-0.39, 0.29) is 5.41 Å². The molecule has 6 heteroatoms. The predicted molar refractivity (Wildman–Crippen MR) is 103 cm³/mol. The van der Waals surface area contributed by atoms with Crippen LogP contribution in [0.4, 0.5) is 0 Å². The van der Waals surface area contributed by atoms with Crippen molar-refractivity contribution in [3.8, 4) is 0 Å². The van der Waals surface area contributed by atoms with Crippen LogP contribution in [0.3, 0.4) is 0 Å². The number of aliphatic imine (C=N–C) groups is 1. The van der Waals surface area contributed by atoms with Crippen molar-refractivity contribution in [2.45, 2.75) is 46.1 Å². The van der Waals surface area contributed by atoms with E-state index in [9.17, 15) is 0 Å². The van der Waals surface area contributed by atoms with Crippen LogP contribution in [0.15, 0.2) is 28.6 Å². The second kappa shape index (κ2) is 8.33. The van der Waals surface area contributed by atoms with E-state index >= 15 is 0 Å². The largest absolute Gasteiger partial charge is 0.356 e. The molecular weight excluding hydrogens is 318 g/mol. The van der Waals surface area contributed by atoms with Crippen LogP contribution in [-0.2, 0) is 12.0 Å². The second-order valence-electron chi connectivity index (χ2n) is 6.72. The van der Waals surface area contributed by atoms with Gasteiger partial charge < -0.3 is 10.6 Å². The molecular formula is C18H29N5S. The third-order valence-electron chi connectivity index (χ3n) is 4.05. The number of rotatable bonds is 7. The van der Waals surface area contributed by atoms with Crippen LogP contribution < -0.4 is 10.6 Å². The van der Waals surface area contributed by atoms with Crippen molar-refractivity contribution in [2.75, 3.05) is 20.1 Å². The Morgan fingerprint density at radius 2 is 2.12 bits per heavy atom. The van der Waals surface area contributed by atoms with Crippen LogP contribution in [0.2, 0.25) is 0 Å². The highest BCUT2D eigenvalue weighted by atomic mass is 32.1. The zero-order valence-electron chi connectivity index (χ0n) is 15.4. The number of aryl methyl sites for hydroxylation is 3. The Hall–Kier alpha value is -1.82. The SMILES string of the molecule is CN=C(NCCCn1nc(C)cc1C)NCC(C)(C)c1cccs1. The molecule has 0 aliphatic heterocycles. The van der Waals surface area contributed by atoms with Crippen LogP contribution in [0.1, 0.15) is 36.5 Å². The van der Waals surface area contributed by atoms with Gasteiger partial charge in [0, 0.05) is 42.7 Å². The lowest BCUT2D eigenvalue weighted by Crippen LogP contribution is -2.43. The summed E-state index contributed by atoms with van der Waals surface area (Å²) in [6.45, 7) is 11.3. The number of aromatic nitrogens is 2. The standard InChI is InChI=1S/C18H29N5S/c1-14-12-15(2)23(22-14)10-7-9-20-17(19-5)21-13-18(3,4)16-8-6-11-24-16/h6,8,11-12H,7,9-10,13H2,1-5H3,(H2,19,20,21). The van der Waals surface area contributed by atoms with E-state index in [0.717, 1.165) is 37.7 Å². The Labute approximate surface area is 149 Å². The summed E-state index contributed by atoms with van der Waals surface area (Å²) in [7, 11) is 1.81. The van der Waals surface area contributed by atoms with Crippen molar-refractivity contribution in [2.24, 2.45) is 4.99 Å². The topological polar surface area (TPSA) is 54.2 Å². The Bertz CT molecular complexity index is 655. The van der Waals surface area contributed by atoms with Crippen LogP contribution >= 0.6 is 11.3 Å². The second-order valence-corrected chi connectivity index (χ2v) is 7.67. The molecule has 132 valence electrons. The summed E-state index contributed by atoms with van der Waals surface area (Å²) in [5.74, 6) is 0.855. The maximum absolute atomic E-state index is 4.49. The van der Waals surface area contributed by atoms with E-state index in [4.69, 9.17) is 0 Å². The molecule has 0 amide bonds. The van der Waals surface area contributed by atoms with Crippen molar-refractivity contribution in [1.82, 2.24) is 20.4 Å². The first-order chi connectivity index (χ1) is 11.4. The first-order valence-corrected chi connectivity index (χ1v) is 9.30. The summed E-state index contributed by atoms with van der Waals surface area (Å²) in [5, 5.41) is 13.4. The maximum Gasteiger partial charge on any atom is 0.191 e. The lowest BCUT2D eigenvalue weighted by Gasteiger charge is -2.25. The van der Waals surface area contributed by atoms with Gasteiger partial charge >= 0.3 is 0 Å². The lowest BCUT2D eigenvalue weighted by molar-refractivity contribution is 0.515. The van der Waals surface area contributed by atoms with Crippen molar-refractivity contribution >= 4 is 17.3 Å². The number of hydrogen-bond acceptors (Lipinski definition) is 3. The molecule has 2 rings (SSSR count). The fourth-order valence-corrected chi connectivity index (χ4v) is 3.47.